The number of ether oxygens (including phenoxy) is 1. The molecule has 18 heavy (non-hydrogen) atoms. The lowest BCUT2D eigenvalue weighted by atomic mass is 10.2. The van der Waals surface area contributed by atoms with Gasteiger partial charge >= 0.3 is 5.97 Å². The fourth-order valence-corrected chi connectivity index (χ4v) is 2.82. The minimum absolute atomic E-state index is 0.279. The summed E-state index contributed by atoms with van der Waals surface area (Å²) in [7, 11) is 1.99. The summed E-state index contributed by atoms with van der Waals surface area (Å²) in [6, 6.07) is 5.07. The first-order valence-corrected chi connectivity index (χ1v) is 6.73. The second kappa shape index (κ2) is 5.71. The molecule has 1 aromatic carbocycles. The third-order valence-corrected chi connectivity index (χ3v) is 3.74. The van der Waals surface area contributed by atoms with Gasteiger partial charge in [0.25, 0.3) is 0 Å². The molecule has 1 N–H and O–H groups in total. The molecule has 1 atom stereocenters. The maximum Gasteiger partial charge on any atom is 0.335 e. The Morgan fingerprint density at radius 3 is 2.94 bits per heavy atom. The zero-order valence-electron chi connectivity index (χ0n) is 10.2. The van der Waals surface area contributed by atoms with E-state index in [2.05, 4.69) is 20.8 Å². The van der Waals surface area contributed by atoms with Crippen molar-refractivity contribution in [1.29, 1.82) is 0 Å². The Hall–Kier alpha value is -1.07. The number of hydrogen-bond donors (Lipinski definition) is 1. The van der Waals surface area contributed by atoms with Gasteiger partial charge in [-0.1, -0.05) is 0 Å². The predicted octanol–water partition coefficient (Wildman–Crippen LogP) is 2.76. The zero-order valence-corrected chi connectivity index (χ0v) is 11.8. The Bertz CT molecular complexity index is 444. The van der Waals surface area contributed by atoms with E-state index >= 15 is 0 Å². The van der Waals surface area contributed by atoms with Crippen molar-refractivity contribution in [2.75, 3.05) is 25.1 Å². The van der Waals surface area contributed by atoms with E-state index in [1.807, 2.05) is 13.1 Å². The summed E-state index contributed by atoms with van der Waals surface area (Å²) in [5.41, 5.74) is 1.27. The van der Waals surface area contributed by atoms with Gasteiger partial charge in [0.05, 0.1) is 17.4 Å². The van der Waals surface area contributed by atoms with Crippen molar-refractivity contribution in [1.82, 2.24) is 0 Å². The van der Waals surface area contributed by atoms with E-state index in [1.54, 1.807) is 12.1 Å². The second-order valence-corrected chi connectivity index (χ2v) is 5.34. The van der Waals surface area contributed by atoms with Crippen molar-refractivity contribution in [2.24, 2.45) is 0 Å². The standard InChI is InChI=1S/C13H16BrNO3/c1-15(8-10-3-2-6-18-10)12-5-4-9(13(16)17)7-11(12)14/h4-5,7,10H,2-3,6,8H2,1H3,(H,16,17). The summed E-state index contributed by atoms with van der Waals surface area (Å²) in [5.74, 6) is -0.913. The van der Waals surface area contributed by atoms with Crippen molar-refractivity contribution >= 4 is 27.6 Å². The molecule has 0 spiro atoms. The lowest BCUT2D eigenvalue weighted by molar-refractivity contribution is 0.0697. The Balaban J connectivity index is 2.09. The number of carboxylic acid groups (broad SMARTS) is 1. The summed E-state index contributed by atoms with van der Waals surface area (Å²) in [5, 5.41) is 8.91. The van der Waals surface area contributed by atoms with Crippen LogP contribution in [-0.4, -0.2) is 37.4 Å². The fourth-order valence-electron chi connectivity index (χ4n) is 2.14. The number of benzene rings is 1. The van der Waals surface area contributed by atoms with Crippen LogP contribution in [0.25, 0.3) is 0 Å². The number of carboxylic acids is 1. The van der Waals surface area contributed by atoms with E-state index in [4.69, 9.17) is 9.84 Å². The maximum absolute atomic E-state index is 10.9. The number of carbonyl (C=O) groups is 1. The van der Waals surface area contributed by atoms with Gasteiger partial charge in [-0.05, 0) is 47.0 Å². The normalized spacial score (nSPS) is 18.9. The van der Waals surface area contributed by atoms with E-state index in [9.17, 15) is 4.79 Å². The summed E-state index contributed by atoms with van der Waals surface area (Å²) < 4.78 is 6.39. The molecule has 98 valence electrons. The highest BCUT2D eigenvalue weighted by Crippen LogP contribution is 2.27. The average Bonchev–Trinajstić information content (AvgIpc) is 2.81. The highest BCUT2D eigenvalue weighted by Gasteiger charge is 2.19. The molecule has 0 radical (unpaired) electrons. The number of hydrogen-bond acceptors (Lipinski definition) is 3. The first-order valence-electron chi connectivity index (χ1n) is 5.93. The van der Waals surface area contributed by atoms with Gasteiger partial charge in [-0.3, -0.25) is 0 Å². The van der Waals surface area contributed by atoms with Crippen LogP contribution in [0, 0.1) is 0 Å². The minimum atomic E-state index is -0.913. The molecule has 1 unspecified atom stereocenters. The quantitative estimate of drug-likeness (QED) is 0.928. The van der Waals surface area contributed by atoms with E-state index in [0.717, 1.165) is 36.2 Å². The van der Waals surface area contributed by atoms with Gasteiger partial charge in [-0.25, -0.2) is 4.79 Å². The molecule has 0 saturated carbocycles. The number of aromatic carboxylic acids is 1. The van der Waals surface area contributed by atoms with Crippen LogP contribution in [0.2, 0.25) is 0 Å². The molecule has 0 amide bonds. The van der Waals surface area contributed by atoms with Crippen molar-refractivity contribution in [2.45, 2.75) is 18.9 Å². The number of nitrogens with zero attached hydrogens (tertiary/aromatic N) is 1. The van der Waals surface area contributed by atoms with Crippen LogP contribution >= 0.6 is 15.9 Å². The van der Waals surface area contributed by atoms with Crippen LogP contribution in [0.4, 0.5) is 5.69 Å². The minimum Gasteiger partial charge on any atom is -0.478 e. The van der Waals surface area contributed by atoms with Crippen LogP contribution < -0.4 is 4.90 Å². The third kappa shape index (κ3) is 3.03. The summed E-state index contributed by atoms with van der Waals surface area (Å²) >= 11 is 3.42. The first-order chi connectivity index (χ1) is 8.58. The van der Waals surface area contributed by atoms with Crippen LogP contribution in [0.3, 0.4) is 0 Å². The molecule has 2 rings (SSSR count). The lowest BCUT2D eigenvalue weighted by Gasteiger charge is -2.24. The highest BCUT2D eigenvalue weighted by molar-refractivity contribution is 9.10. The summed E-state index contributed by atoms with van der Waals surface area (Å²) in [4.78, 5) is 12.9. The Kier molecular flexibility index (Phi) is 4.24. The molecule has 1 fully saturated rings. The predicted molar refractivity (Wildman–Crippen MR) is 73.3 cm³/mol. The number of anilines is 1. The van der Waals surface area contributed by atoms with Gasteiger partial charge in [-0.15, -0.1) is 0 Å². The molecule has 5 heteroatoms. The lowest BCUT2D eigenvalue weighted by Crippen LogP contribution is -2.28. The van der Waals surface area contributed by atoms with Crippen LogP contribution in [0.5, 0.6) is 0 Å². The molecule has 1 aromatic rings. The molecule has 0 bridgehead atoms. The average molecular weight is 314 g/mol. The number of halogens is 1. The van der Waals surface area contributed by atoms with Gasteiger partial charge in [0, 0.05) is 24.7 Å². The van der Waals surface area contributed by atoms with Gasteiger partial charge in [0.2, 0.25) is 0 Å². The van der Waals surface area contributed by atoms with Gasteiger partial charge in [0.1, 0.15) is 0 Å². The Morgan fingerprint density at radius 2 is 2.39 bits per heavy atom. The third-order valence-electron chi connectivity index (χ3n) is 3.11. The van der Waals surface area contributed by atoms with E-state index in [1.165, 1.54) is 0 Å². The first kappa shape index (κ1) is 13.4. The molecular weight excluding hydrogens is 298 g/mol. The molecule has 1 heterocycles. The van der Waals surface area contributed by atoms with E-state index in [-0.39, 0.29) is 11.7 Å². The summed E-state index contributed by atoms with van der Waals surface area (Å²) in [6.07, 6.45) is 2.49. The van der Waals surface area contributed by atoms with Crippen LogP contribution in [0.1, 0.15) is 23.2 Å². The van der Waals surface area contributed by atoms with Gasteiger partial charge < -0.3 is 14.7 Å². The fraction of sp³-hybridized carbons (Fsp3) is 0.462. The van der Waals surface area contributed by atoms with Crippen molar-refractivity contribution in [3.8, 4) is 0 Å². The van der Waals surface area contributed by atoms with Crippen molar-refractivity contribution in [3.05, 3.63) is 28.2 Å². The highest BCUT2D eigenvalue weighted by atomic mass is 79.9. The van der Waals surface area contributed by atoms with Crippen LogP contribution in [0.15, 0.2) is 22.7 Å². The number of rotatable bonds is 4. The van der Waals surface area contributed by atoms with Gasteiger partial charge in [-0.2, -0.15) is 0 Å². The Morgan fingerprint density at radius 1 is 1.61 bits per heavy atom. The monoisotopic (exact) mass is 313 g/mol. The van der Waals surface area contributed by atoms with Crippen molar-refractivity contribution < 1.29 is 14.6 Å². The van der Waals surface area contributed by atoms with E-state index in [0.29, 0.717) is 0 Å². The smallest absolute Gasteiger partial charge is 0.335 e. The maximum atomic E-state index is 10.9. The zero-order chi connectivity index (χ0) is 13.1. The van der Waals surface area contributed by atoms with Gasteiger partial charge in [0.15, 0.2) is 0 Å². The number of likely N-dealkylation sites (N-methyl/N-ethyl adjacent to an activating group) is 1. The molecule has 0 aromatic heterocycles. The molecular formula is C13H16BrNO3. The molecule has 1 saturated heterocycles. The van der Waals surface area contributed by atoms with E-state index < -0.39 is 5.97 Å². The summed E-state index contributed by atoms with van der Waals surface area (Å²) in [6.45, 7) is 1.67. The molecule has 1 aliphatic heterocycles. The van der Waals surface area contributed by atoms with Crippen LogP contribution in [-0.2, 0) is 4.74 Å². The molecule has 0 aliphatic carbocycles. The second-order valence-electron chi connectivity index (χ2n) is 4.49. The van der Waals surface area contributed by atoms with Crippen molar-refractivity contribution in [3.63, 3.8) is 0 Å². The Labute approximate surface area is 115 Å². The molecule has 4 nitrogen and oxygen atoms in total. The molecule has 1 aliphatic rings. The topological polar surface area (TPSA) is 49.8 Å². The SMILES string of the molecule is CN(CC1CCCO1)c1ccc(C(=O)O)cc1Br. The largest absolute Gasteiger partial charge is 0.478 e.